The highest BCUT2D eigenvalue weighted by Gasteiger charge is 2.27. The van der Waals surface area contributed by atoms with Gasteiger partial charge in [-0.3, -0.25) is 9.69 Å². The third kappa shape index (κ3) is 4.09. The highest BCUT2D eigenvalue weighted by molar-refractivity contribution is 6.33. The van der Waals surface area contributed by atoms with Crippen molar-refractivity contribution in [1.29, 1.82) is 0 Å². The highest BCUT2D eigenvalue weighted by Crippen LogP contribution is 2.23. The van der Waals surface area contributed by atoms with E-state index < -0.39 is 0 Å². The predicted molar refractivity (Wildman–Crippen MR) is 102 cm³/mol. The maximum atomic E-state index is 12.9. The molecule has 0 aliphatic carbocycles. The van der Waals surface area contributed by atoms with Crippen molar-refractivity contribution in [3.05, 3.63) is 51.8 Å². The van der Waals surface area contributed by atoms with Crippen LogP contribution in [0.1, 0.15) is 27.2 Å². The topological polar surface area (TPSA) is 61.6 Å². The summed E-state index contributed by atoms with van der Waals surface area (Å²) in [5.41, 5.74) is 3.45. The summed E-state index contributed by atoms with van der Waals surface area (Å²) >= 11 is 6.51. The van der Waals surface area contributed by atoms with Crippen LogP contribution in [-0.2, 0) is 6.54 Å². The molecule has 2 aromatic rings. The second kappa shape index (κ2) is 8.20. The first-order chi connectivity index (χ1) is 12.5. The lowest BCUT2D eigenvalue weighted by molar-refractivity contribution is 0.0614. The lowest BCUT2D eigenvalue weighted by Gasteiger charge is -2.34. The van der Waals surface area contributed by atoms with Gasteiger partial charge in [-0.25, -0.2) is 4.68 Å². The maximum Gasteiger partial charge on any atom is 0.258 e. The Morgan fingerprint density at radius 2 is 1.81 bits per heavy atom. The number of aliphatic hydroxyl groups excluding tert-OH is 1. The minimum Gasteiger partial charge on any atom is -0.395 e. The quantitative estimate of drug-likeness (QED) is 0.866. The summed E-state index contributed by atoms with van der Waals surface area (Å²) in [6.45, 7) is 8.01. The molecule has 6 nitrogen and oxygen atoms in total. The molecule has 0 radical (unpaired) electrons. The van der Waals surface area contributed by atoms with E-state index in [9.17, 15) is 4.79 Å². The third-order valence-electron chi connectivity index (χ3n) is 4.81. The molecule has 1 saturated heterocycles. The number of aliphatic hydroxyl groups is 1. The first-order valence-corrected chi connectivity index (χ1v) is 9.28. The van der Waals surface area contributed by atoms with Crippen molar-refractivity contribution in [2.24, 2.45) is 0 Å². The summed E-state index contributed by atoms with van der Waals surface area (Å²) in [7, 11) is 0. The van der Waals surface area contributed by atoms with Crippen LogP contribution in [0.15, 0.2) is 24.3 Å². The third-order valence-corrected chi connectivity index (χ3v) is 5.19. The Morgan fingerprint density at radius 3 is 2.42 bits per heavy atom. The van der Waals surface area contributed by atoms with Gasteiger partial charge in [-0.15, -0.1) is 0 Å². The number of β-amino-alcohol motifs (C(OH)–C–C–N with tert-alkyl or cyclic N) is 1. The number of amides is 1. The largest absolute Gasteiger partial charge is 0.395 e. The Hall–Kier alpha value is -1.89. The predicted octanol–water partition coefficient (Wildman–Crippen LogP) is 1.95. The van der Waals surface area contributed by atoms with Crippen LogP contribution in [0.2, 0.25) is 5.15 Å². The Balaban J connectivity index is 1.73. The average molecular weight is 377 g/mol. The van der Waals surface area contributed by atoms with Gasteiger partial charge in [0.05, 0.1) is 24.4 Å². The fraction of sp³-hybridized carbons (Fsp3) is 0.474. The number of carbonyl (C=O) groups is 1. The zero-order valence-corrected chi connectivity index (χ0v) is 16.0. The molecule has 1 aliphatic heterocycles. The van der Waals surface area contributed by atoms with Crippen LogP contribution in [-0.4, -0.2) is 69.9 Å². The lowest BCUT2D eigenvalue weighted by Crippen LogP contribution is -2.49. The first kappa shape index (κ1) is 18.9. The van der Waals surface area contributed by atoms with Crippen LogP contribution in [0.3, 0.4) is 0 Å². The monoisotopic (exact) mass is 376 g/mol. The van der Waals surface area contributed by atoms with Crippen molar-refractivity contribution in [3.8, 4) is 0 Å². The summed E-state index contributed by atoms with van der Waals surface area (Å²) in [4.78, 5) is 16.9. The van der Waals surface area contributed by atoms with E-state index in [0.717, 1.165) is 18.7 Å². The summed E-state index contributed by atoms with van der Waals surface area (Å²) in [6, 6.07) is 8.20. The Labute approximate surface area is 159 Å². The number of aryl methyl sites for hydroxylation is 2. The molecule has 0 atom stereocenters. The molecule has 140 valence electrons. The van der Waals surface area contributed by atoms with Gasteiger partial charge in [0, 0.05) is 32.7 Å². The second-order valence-corrected chi connectivity index (χ2v) is 7.11. The number of nitrogens with zero attached hydrogens (tertiary/aromatic N) is 4. The summed E-state index contributed by atoms with van der Waals surface area (Å²) < 4.78 is 1.69. The molecule has 1 aliphatic rings. The number of benzene rings is 1. The molecular formula is C19H25ClN4O2. The summed E-state index contributed by atoms with van der Waals surface area (Å²) in [5.74, 6) is -0.0636. The van der Waals surface area contributed by atoms with Gasteiger partial charge in [0.15, 0.2) is 0 Å². The zero-order chi connectivity index (χ0) is 18.7. The number of rotatable bonds is 5. The van der Waals surface area contributed by atoms with Crippen molar-refractivity contribution >= 4 is 17.5 Å². The Kier molecular flexibility index (Phi) is 5.96. The zero-order valence-electron chi connectivity index (χ0n) is 15.3. The van der Waals surface area contributed by atoms with E-state index in [1.807, 2.05) is 30.9 Å². The molecule has 1 aromatic carbocycles. The minimum absolute atomic E-state index is 0.0636. The Morgan fingerprint density at radius 1 is 1.15 bits per heavy atom. The van der Waals surface area contributed by atoms with Crippen molar-refractivity contribution in [2.45, 2.75) is 20.4 Å². The number of piperazine rings is 1. The van der Waals surface area contributed by atoms with E-state index in [1.165, 1.54) is 5.56 Å². The van der Waals surface area contributed by atoms with Crippen LogP contribution in [0.25, 0.3) is 0 Å². The van der Waals surface area contributed by atoms with Crippen LogP contribution in [0.5, 0.6) is 0 Å². The minimum atomic E-state index is -0.0636. The fourth-order valence-electron chi connectivity index (χ4n) is 3.24. The van der Waals surface area contributed by atoms with Crippen LogP contribution in [0, 0.1) is 13.8 Å². The van der Waals surface area contributed by atoms with Gasteiger partial charge < -0.3 is 10.0 Å². The normalized spacial score (nSPS) is 15.5. The fourth-order valence-corrected chi connectivity index (χ4v) is 3.56. The van der Waals surface area contributed by atoms with Gasteiger partial charge in [-0.2, -0.15) is 5.10 Å². The van der Waals surface area contributed by atoms with Gasteiger partial charge in [-0.05, 0) is 19.4 Å². The summed E-state index contributed by atoms with van der Waals surface area (Å²) in [6.07, 6.45) is 0. The molecule has 1 aromatic heterocycles. The van der Waals surface area contributed by atoms with E-state index in [0.29, 0.717) is 42.6 Å². The molecule has 1 amide bonds. The van der Waals surface area contributed by atoms with Gasteiger partial charge in [0.25, 0.3) is 5.91 Å². The number of aromatic nitrogens is 2. The van der Waals surface area contributed by atoms with E-state index in [1.54, 1.807) is 4.68 Å². The van der Waals surface area contributed by atoms with E-state index in [4.69, 9.17) is 16.7 Å². The van der Waals surface area contributed by atoms with E-state index >= 15 is 0 Å². The van der Waals surface area contributed by atoms with Gasteiger partial charge in [-0.1, -0.05) is 41.4 Å². The molecule has 3 rings (SSSR count). The number of hydrogen-bond acceptors (Lipinski definition) is 4. The molecule has 2 heterocycles. The molecule has 0 spiro atoms. The van der Waals surface area contributed by atoms with E-state index in [2.05, 4.69) is 22.1 Å². The molecule has 0 bridgehead atoms. The standard InChI is InChI=1S/C19H25ClN4O2/c1-14-3-5-16(6-4-14)13-24-18(20)17(15(2)21-24)19(26)23-9-7-22(8-10-23)11-12-25/h3-6,25H,7-13H2,1-2H3. The van der Waals surface area contributed by atoms with Crippen molar-refractivity contribution in [1.82, 2.24) is 19.6 Å². The van der Waals surface area contributed by atoms with Gasteiger partial charge >= 0.3 is 0 Å². The lowest BCUT2D eigenvalue weighted by atomic mass is 10.1. The molecular weight excluding hydrogens is 352 g/mol. The SMILES string of the molecule is Cc1ccc(Cn2nc(C)c(C(=O)N3CCN(CCO)CC3)c2Cl)cc1. The number of halogens is 1. The van der Waals surface area contributed by atoms with Crippen molar-refractivity contribution < 1.29 is 9.90 Å². The summed E-state index contributed by atoms with van der Waals surface area (Å²) in [5, 5.41) is 13.9. The number of hydrogen-bond donors (Lipinski definition) is 1. The molecule has 0 saturated carbocycles. The number of carbonyl (C=O) groups excluding carboxylic acids is 1. The molecule has 0 unspecified atom stereocenters. The van der Waals surface area contributed by atoms with Gasteiger partial charge in [0.1, 0.15) is 5.15 Å². The molecule has 7 heteroatoms. The highest BCUT2D eigenvalue weighted by atomic mass is 35.5. The van der Waals surface area contributed by atoms with Crippen molar-refractivity contribution in [3.63, 3.8) is 0 Å². The molecule has 1 N–H and O–H groups in total. The Bertz CT molecular complexity index is 765. The van der Waals surface area contributed by atoms with Crippen LogP contribution in [0.4, 0.5) is 0 Å². The van der Waals surface area contributed by atoms with Gasteiger partial charge in [0.2, 0.25) is 0 Å². The maximum absolute atomic E-state index is 12.9. The molecule has 1 fully saturated rings. The van der Waals surface area contributed by atoms with Crippen LogP contribution >= 0.6 is 11.6 Å². The smallest absolute Gasteiger partial charge is 0.258 e. The van der Waals surface area contributed by atoms with Crippen LogP contribution < -0.4 is 0 Å². The first-order valence-electron chi connectivity index (χ1n) is 8.90. The second-order valence-electron chi connectivity index (χ2n) is 6.75. The average Bonchev–Trinajstić information content (AvgIpc) is 2.91. The van der Waals surface area contributed by atoms with E-state index in [-0.39, 0.29) is 12.5 Å². The molecule has 26 heavy (non-hydrogen) atoms. The van der Waals surface area contributed by atoms with Crippen molar-refractivity contribution in [2.75, 3.05) is 39.3 Å².